The minimum absolute atomic E-state index is 0.213. The Morgan fingerprint density at radius 1 is 1.79 bits per heavy atom. The minimum atomic E-state index is -0.405. The van der Waals surface area contributed by atoms with E-state index in [1.165, 1.54) is 0 Å². The zero-order chi connectivity index (χ0) is 9.97. The van der Waals surface area contributed by atoms with E-state index in [1.54, 1.807) is 6.20 Å². The van der Waals surface area contributed by atoms with Crippen LogP contribution in [-0.2, 0) is 6.54 Å². The van der Waals surface area contributed by atoms with Crippen molar-refractivity contribution in [1.82, 2.24) is 15.1 Å². The van der Waals surface area contributed by atoms with E-state index in [-0.39, 0.29) is 6.04 Å². The van der Waals surface area contributed by atoms with Gasteiger partial charge in [-0.3, -0.25) is 4.68 Å². The van der Waals surface area contributed by atoms with Gasteiger partial charge in [0.15, 0.2) is 0 Å². The molecule has 1 aliphatic rings. The van der Waals surface area contributed by atoms with Crippen LogP contribution in [0, 0.1) is 0 Å². The average molecular weight is 195 g/mol. The number of hydrogen-bond donors (Lipinski definition) is 2. The van der Waals surface area contributed by atoms with E-state index in [9.17, 15) is 5.11 Å². The Balaban J connectivity index is 2.05. The minimum Gasteiger partial charge on any atom is -0.387 e. The first-order valence-electron chi connectivity index (χ1n) is 5.25. The molecule has 2 N–H and O–H groups in total. The highest BCUT2D eigenvalue weighted by atomic mass is 16.3. The van der Waals surface area contributed by atoms with E-state index in [4.69, 9.17) is 0 Å². The van der Waals surface area contributed by atoms with Crippen molar-refractivity contribution >= 4 is 0 Å². The number of hydrogen-bond acceptors (Lipinski definition) is 3. The predicted molar refractivity (Wildman–Crippen MR) is 53.9 cm³/mol. The van der Waals surface area contributed by atoms with Gasteiger partial charge >= 0.3 is 0 Å². The van der Waals surface area contributed by atoms with E-state index in [1.807, 2.05) is 17.8 Å². The van der Waals surface area contributed by atoms with Crippen molar-refractivity contribution in [2.24, 2.45) is 0 Å². The van der Waals surface area contributed by atoms with Crippen LogP contribution in [0.4, 0.5) is 0 Å². The third-order valence-electron chi connectivity index (χ3n) is 2.80. The molecule has 0 saturated carbocycles. The Bertz CT molecular complexity index is 291. The third kappa shape index (κ3) is 1.81. The van der Waals surface area contributed by atoms with Crippen LogP contribution in [0.1, 0.15) is 31.4 Å². The second kappa shape index (κ2) is 4.11. The molecule has 2 heterocycles. The van der Waals surface area contributed by atoms with Crippen LogP contribution in [0.25, 0.3) is 0 Å². The molecule has 0 aromatic carbocycles. The van der Waals surface area contributed by atoms with Gasteiger partial charge in [-0.1, -0.05) is 0 Å². The summed E-state index contributed by atoms with van der Waals surface area (Å²) in [6.07, 6.45) is 5.49. The fraction of sp³-hybridized carbons (Fsp3) is 0.700. The zero-order valence-electron chi connectivity index (χ0n) is 8.48. The second-order valence-corrected chi connectivity index (χ2v) is 3.78. The Labute approximate surface area is 83.9 Å². The van der Waals surface area contributed by atoms with Gasteiger partial charge in [-0.25, -0.2) is 0 Å². The predicted octanol–water partition coefficient (Wildman–Crippen LogP) is 0.688. The van der Waals surface area contributed by atoms with Gasteiger partial charge in [0.2, 0.25) is 0 Å². The zero-order valence-corrected chi connectivity index (χ0v) is 8.48. The van der Waals surface area contributed by atoms with Crippen molar-refractivity contribution in [1.29, 1.82) is 0 Å². The lowest BCUT2D eigenvalue weighted by Gasteiger charge is -2.16. The molecule has 0 spiro atoms. The van der Waals surface area contributed by atoms with Gasteiger partial charge in [0, 0.05) is 24.3 Å². The van der Waals surface area contributed by atoms with Crippen LogP contribution in [0.5, 0.6) is 0 Å². The van der Waals surface area contributed by atoms with E-state index in [0.717, 1.165) is 31.5 Å². The van der Waals surface area contributed by atoms with Gasteiger partial charge in [0.05, 0.1) is 12.3 Å². The molecule has 4 heteroatoms. The summed E-state index contributed by atoms with van der Waals surface area (Å²) in [7, 11) is 0. The van der Waals surface area contributed by atoms with Gasteiger partial charge < -0.3 is 10.4 Å². The second-order valence-electron chi connectivity index (χ2n) is 3.78. The fourth-order valence-electron chi connectivity index (χ4n) is 1.92. The molecule has 1 fully saturated rings. The Morgan fingerprint density at radius 2 is 2.64 bits per heavy atom. The summed E-state index contributed by atoms with van der Waals surface area (Å²) in [4.78, 5) is 0. The smallest absolute Gasteiger partial charge is 0.0973 e. The molecule has 78 valence electrons. The summed E-state index contributed by atoms with van der Waals surface area (Å²) < 4.78 is 1.84. The molecule has 0 aliphatic carbocycles. The van der Waals surface area contributed by atoms with E-state index in [2.05, 4.69) is 10.4 Å². The lowest BCUT2D eigenvalue weighted by Crippen LogP contribution is -2.28. The summed E-state index contributed by atoms with van der Waals surface area (Å²) in [5.74, 6) is 0. The molecule has 1 saturated heterocycles. The number of aliphatic hydroxyl groups excluding tert-OH is 1. The van der Waals surface area contributed by atoms with E-state index in [0.29, 0.717) is 0 Å². The molecule has 1 unspecified atom stereocenters. The molecule has 0 radical (unpaired) electrons. The maximum atomic E-state index is 10.0. The summed E-state index contributed by atoms with van der Waals surface area (Å²) in [6, 6.07) is 0.213. The van der Waals surface area contributed by atoms with Gasteiger partial charge in [0.25, 0.3) is 0 Å². The molecule has 1 aliphatic heterocycles. The Morgan fingerprint density at radius 3 is 3.21 bits per heavy atom. The first kappa shape index (κ1) is 9.68. The van der Waals surface area contributed by atoms with Crippen molar-refractivity contribution in [3.8, 4) is 0 Å². The average Bonchev–Trinajstić information content (AvgIpc) is 2.88. The standard InChI is InChI=1S/C10H17N3O/c1-2-13-7-8(6-12-13)10(14)9-4-3-5-11-9/h6-7,9-11,14H,2-5H2,1H3/t9-,10?/m0/s1. The first-order valence-corrected chi connectivity index (χ1v) is 5.25. The molecule has 2 rings (SSSR count). The molecule has 0 bridgehead atoms. The Hall–Kier alpha value is -0.870. The molecular weight excluding hydrogens is 178 g/mol. The highest BCUT2D eigenvalue weighted by Gasteiger charge is 2.24. The third-order valence-corrected chi connectivity index (χ3v) is 2.80. The van der Waals surface area contributed by atoms with Crippen molar-refractivity contribution in [2.45, 2.75) is 38.5 Å². The Kier molecular flexibility index (Phi) is 2.84. The molecule has 1 aromatic rings. The van der Waals surface area contributed by atoms with Crippen LogP contribution in [0.2, 0.25) is 0 Å². The highest BCUT2D eigenvalue weighted by molar-refractivity contribution is 5.11. The van der Waals surface area contributed by atoms with Crippen LogP contribution >= 0.6 is 0 Å². The fourth-order valence-corrected chi connectivity index (χ4v) is 1.92. The van der Waals surface area contributed by atoms with Gasteiger partial charge in [-0.2, -0.15) is 5.10 Å². The summed E-state index contributed by atoms with van der Waals surface area (Å²) >= 11 is 0. The molecule has 1 aromatic heterocycles. The molecular formula is C10H17N3O. The number of nitrogens with one attached hydrogen (secondary N) is 1. The van der Waals surface area contributed by atoms with E-state index >= 15 is 0 Å². The van der Waals surface area contributed by atoms with Crippen molar-refractivity contribution in [2.75, 3.05) is 6.54 Å². The normalized spacial score (nSPS) is 24.0. The van der Waals surface area contributed by atoms with Gasteiger partial charge in [0.1, 0.15) is 0 Å². The molecule has 4 nitrogen and oxygen atoms in total. The van der Waals surface area contributed by atoms with Crippen LogP contribution < -0.4 is 5.32 Å². The lowest BCUT2D eigenvalue weighted by atomic mass is 10.0. The number of aromatic nitrogens is 2. The lowest BCUT2D eigenvalue weighted by molar-refractivity contribution is 0.137. The summed E-state index contributed by atoms with van der Waals surface area (Å²) in [6.45, 7) is 3.91. The molecule has 14 heavy (non-hydrogen) atoms. The van der Waals surface area contributed by atoms with Crippen molar-refractivity contribution < 1.29 is 5.11 Å². The number of aryl methyl sites for hydroxylation is 1. The maximum Gasteiger partial charge on any atom is 0.0973 e. The first-order chi connectivity index (χ1) is 6.81. The summed E-state index contributed by atoms with van der Waals surface area (Å²) in [5, 5.41) is 17.5. The van der Waals surface area contributed by atoms with Crippen LogP contribution in [0.3, 0.4) is 0 Å². The monoisotopic (exact) mass is 195 g/mol. The quantitative estimate of drug-likeness (QED) is 0.746. The van der Waals surface area contributed by atoms with Crippen LogP contribution in [0.15, 0.2) is 12.4 Å². The summed E-state index contributed by atoms with van der Waals surface area (Å²) in [5.41, 5.74) is 0.922. The molecule has 2 atom stereocenters. The number of nitrogens with zero attached hydrogens (tertiary/aromatic N) is 2. The van der Waals surface area contributed by atoms with Crippen molar-refractivity contribution in [3.63, 3.8) is 0 Å². The molecule has 0 amide bonds. The highest BCUT2D eigenvalue weighted by Crippen LogP contribution is 2.22. The van der Waals surface area contributed by atoms with Crippen molar-refractivity contribution in [3.05, 3.63) is 18.0 Å². The SMILES string of the molecule is CCn1cc(C(O)[C@@H]2CCCN2)cn1. The van der Waals surface area contributed by atoms with Gasteiger partial charge in [-0.05, 0) is 26.3 Å². The van der Waals surface area contributed by atoms with E-state index < -0.39 is 6.10 Å². The number of rotatable bonds is 3. The topological polar surface area (TPSA) is 50.1 Å². The van der Waals surface area contributed by atoms with Gasteiger partial charge in [-0.15, -0.1) is 0 Å². The maximum absolute atomic E-state index is 10.0. The number of aliphatic hydroxyl groups is 1. The largest absolute Gasteiger partial charge is 0.387 e. The van der Waals surface area contributed by atoms with Crippen LogP contribution in [-0.4, -0.2) is 27.5 Å².